The first-order chi connectivity index (χ1) is 7.88. The first-order valence-electron chi connectivity index (χ1n) is 4.83. The van der Waals surface area contributed by atoms with Gasteiger partial charge in [-0.05, 0) is 30.4 Å². The lowest BCUT2D eigenvalue weighted by Gasteiger charge is -1.99. The molecule has 3 nitrogen and oxygen atoms in total. The third-order valence-corrected chi connectivity index (χ3v) is 1.90. The molecule has 16 heavy (non-hydrogen) atoms. The van der Waals surface area contributed by atoms with Gasteiger partial charge in [0.2, 0.25) is 0 Å². The van der Waals surface area contributed by atoms with Gasteiger partial charge in [0, 0.05) is 6.07 Å². The summed E-state index contributed by atoms with van der Waals surface area (Å²) in [6.07, 6.45) is 3.64. The third-order valence-electron chi connectivity index (χ3n) is 1.90. The SMILES string of the molecule is O=CC=Cc1ccc(Oc2ccccc2)o1. The van der Waals surface area contributed by atoms with Gasteiger partial charge in [-0.25, -0.2) is 0 Å². The molecule has 2 aromatic rings. The number of benzene rings is 1. The maximum atomic E-state index is 10.1. The van der Waals surface area contributed by atoms with Crippen LogP contribution in [0.2, 0.25) is 0 Å². The molecule has 1 aromatic heterocycles. The van der Waals surface area contributed by atoms with Crippen LogP contribution >= 0.6 is 0 Å². The van der Waals surface area contributed by atoms with Crippen molar-refractivity contribution < 1.29 is 13.9 Å². The van der Waals surface area contributed by atoms with E-state index >= 15 is 0 Å². The summed E-state index contributed by atoms with van der Waals surface area (Å²) in [5.41, 5.74) is 0. The van der Waals surface area contributed by atoms with Crippen LogP contribution in [0.5, 0.6) is 11.7 Å². The molecule has 0 aliphatic heterocycles. The molecule has 2 rings (SSSR count). The molecule has 0 N–H and O–H groups in total. The Labute approximate surface area is 93.0 Å². The van der Waals surface area contributed by atoms with Crippen molar-refractivity contribution >= 4 is 12.4 Å². The molecule has 0 spiro atoms. The van der Waals surface area contributed by atoms with Crippen LogP contribution in [0, 0.1) is 0 Å². The summed E-state index contributed by atoms with van der Waals surface area (Å²) in [5, 5.41) is 0. The average Bonchev–Trinajstić information content (AvgIpc) is 2.75. The Morgan fingerprint density at radius 3 is 2.62 bits per heavy atom. The van der Waals surface area contributed by atoms with E-state index in [1.807, 2.05) is 30.3 Å². The van der Waals surface area contributed by atoms with Crippen molar-refractivity contribution in [3.8, 4) is 11.7 Å². The predicted octanol–water partition coefficient (Wildman–Crippen LogP) is 3.28. The van der Waals surface area contributed by atoms with Gasteiger partial charge in [-0.15, -0.1) is 0 Å². The van der Waals surface area contributed by atoms with Crippen LogP contribution in [0.15, 0.2) is 53.0 Å². The topological polar surface area (TPSA) is 39.4 Å². The van der Waals surface area contributed by atoms with E-state index in [4.69, 9.17) is 9.15 Å². The molecule has 0 bridgehead atoms. The molecule has 0 saturated carbocycles. The van der Waals surface area contributed by atoms with Gasteiger partial charge in [-0.3, -0.25) is 4.79 Å². The van der Waals surface area contributed by atoms with Gasteiger partial charge in [-0.1, -0.05) is 18.2 Å². The Morgan fingerprint density at radius 1 is 1.06 bits per heavy atom. The Bertz CT molecular complexity index is 483. The summed E-state index contributed by atoms with van der Waals surface area (Å²) in [6, 6.07) is 12.8. The summed E-state index contributed by atoms with van der Waals surface area (Å²) in [6.45, 7) is 0. The molecule has 1 aromatic carbocycles. The van der Waals surface area contributed by atoms with Crippen molar-refractivity contribution in [1.82, 2.24) is 0 Å². The van der Waals surface area contributed by atoms with E-state index in [0.29, 0.717) is 23.7 Å². The fourth-order valence-electron chi connectivity index (χ4n) is 1.22. The van der Waals surface area contributed by atoms with E-state index in [1.165, 1.54) is 6.08 Å². The molecule has 0 aliphatic rings. The second kappa shape index (κ2) is 4.98. The van der Waals surface area contributed by atoms with E-state index in [2.05, 4.69) is 0 Å². The molecule has 0 atom stereocenters. The smallest absolute Gasteiger partial charge is 0.290 e. The highest BCUT2D eigenvalue weighted by molar-refractivity contribution is 5.72. The van der Waals surface area contributed by atoms with Crippen LogP contribution in [0.1, 0.15) is 5.76 Å². The lowest BCUT2D eigenvalue weighted by atomic mass is 10.3. The highest BCUT2D eigenvalue weighted by atomic mass is 16.6. The number of para-hydroxylation sites is 1. The molecule has 0 unspecified atom stereocenters. The van der Waals surface area contributed by atoms with E-state index in [0.717, 1.165) is 0 Å². The van der Waals surface area contributed by atoms with Gasteiger partial charge in [0.1, 0.15) is 17.8 Å². The standard InChI is InChI=1S/C13H10O3/c14-10-4-7-12-8-9-13(16-12)15-11-5-2-1-3-6-11/h1-10H. The Balaban J connectivity index is 2.08. The number of furan rings is 1. The zero-order valence-corrected chi connectivity index (χ0v) is 8.50. The van der Waals surface area contributed by atoms with Gasteiger partial charge in [0.15, 0.2) is 0 Å². The second-order valence-corrected chi connectivity index (χ2v) is 3.07. The molecule has 80 valence electrons. The van der Waals surface area contributed by atoms with Crippen molar-refractivity contribution in [2.45, 2.75) is 0 Å². The summed E-state index contributed by atoms with van der Waals surface area (Å²) in [7, 11) is 0. The van der Waals surface area contributed by atoms with E-state index in [-0.39, 0.29) is 0 Å². The fraction of sp³-hybridized carbons (Fsp3) is 0. The Morgan fingerprint density at radius 2 is 1.88 bits per heavy atom. The van der Waals surface area contributed by atoms with Gasteiger partial charge >= 0.3 is 0 Å². The van der Waals surface area contributed by atoms with Crippen LogP contribution < -0.4 is 4.74 Å². The van der Waals surface area contributed by atoms with Crippen molar-refractivity contribution in [1.29, 1.82) is 0 Å². The van der Waals surface area contributed by atoms with Crippen LogP contribution in [0.4, 0.5) is 0 Å². The first-order valence-corrected chi connectivity index (χ1v) is 4.83. The molecule has 0 radical (unpaired) electrons. The summed E-state index contributed by atoms with van der Waals surface area (Å²) in [4.78, 5) is 10.1. The monoisotopic (exact) mass is 214 g/mol. The van der Waals surface area contributed by atoms with E-state index in [1.54, 1.807) is 18.2 Å². The van der Waals surface area contributed by atoms with Crippen molar-refractivity contribution in [3.05, 3.63) is 54.3 Å². The zero-order valence-electron chi connectivity index (χ0n) is 8.50. The number of hydrogen-bond donors (Lipinski definition) is 0. The highest BCUT2D eigenvalue weighted by Gasteiger charge is 2.01. The van der Waals surface area contributed by atoms with Crippen LogP contribution in [0.3, 0.4) is 0 Å². The minimum absolute atomic E-state index is 0.400. The van der Waals surface area contributed by atoms with Crippen LogP contribution in [0.25, 0.3) is 6.08 Å². The molecular weight excluding hydrogens is 204 g/mol. The quantitative estimate of drug-likeness (QED) is 0.579. The summed E-state index contributed by atoms with van der Waals surface area (Å²) < 4.78 is 10.8. The molecule has 1 heterocycles. The second-order valence-electron chi connectivity index (χ2n) is 3.07. The number of ether oxygens (including phenoxy) is 1. The molecule has 0 fully saturated rings. The minimum Gasteiger partial charge on any atom is -0.426 e. The Kier molecular flexibility index (Phi) is 3.18. The van der Waals surface area contributed by atoms with E-state index < -0.39 is 0 Å². The third kappa shape index (κ3) is 2.60. The number of carbonyl (C=O) groups excluding carboxylic acids is 1. The predicted molar refractivity (Wildman–Crippen MR) is 60.3 cm³/mol. The fourth-order valence-corrected chi connectivity index (χ4v) is 1.22. The zero-order chi connectivity index (χ0) is 11.2. The van der Waals surface area contributed by atoms with Crippen molar-refractivity contribution in [3.63, 3.8) is 0 Å². The first kappa shape index (κ1) is 10.2. The molecular formula is C13H10O3. The van der Waals surface area contributed by atoms with Gasteiger partial charge in [0.05, 0.1) is 0 Å². The Hall–Kier alpha value is -2.29. The van der Waals surface area contributed by atoms with Crippen molar-refractivity contribution in [2.75, 3.05) is 0 Å². The van der Waals surface area contributed by atoms with Crippen LogP contribution in [-0.4, -0.2) is 6.29 Å². The average molecular weight is 214 g/mol. The number of hydrogen-bond acceptors (Lipinski definition) is 3. The molecule has 0 saturated heterocycles. The van der Waals surface area contributed by atoms with Gasteiger partial charge in [0.25, 0.3) is 5.95 Å². The number of allylic oxidation sites excluding steroid dienone is 1. The lowest BCUT2D eigenvalue weighted by molar-refractivity contribution is -0.104. The highest BCUT2D eigenvalue weighted by Crippen LogP contribution is 2.23. The molecule has 0 amide bonds. The number of rotatable bonds is 4. The number of aldehydes is 1. The summed E-state index contributed by atoms with van der Waals surface area (Å²) in [5.74, 6) is 1.69. The molecule has 3 heteroatoms. The van der Waals surface area contributed by atoms with Gasteiger partial charge in [-0.2, -0.15) is 0 Å². The van der Waals surface area contributed by atoms with Gasteiger partial charge < -0.3 is 9.15 Å². The van der Waals surface area contributed by atoms with Crippen molar-refractivity contribution in [2.24, 2.45) is 0 Å². The summed E-state index contributed by atoms with van der Waals surface area (Å²) >= 11 is 0. The minimum atomic E-state index is 0.400. The van der Waals surface area contributed by atoms with E-state index in [9.17, 15) is 4.79 Å². The maximum absolute atomic E-state index is 10.1. The lowest BCUT2D eigenvalue weighted by Crippen LogP contribution is -1.79. The normalized spacial score (nSPS) is 10.5. The molecule has 0 aliphatic carbocycles. The number of carbonyl (C=O) groups is 1. The van der Waals surface area contributed by atoms with Crippen LogP contribution in [-0.2, 0) is 4.79 Å². The maximum Gasteiger partial charge on any atom is 0.290 e. The largest absolute Gasteiger partial charge is 0.426 e.